The van der Waals surface area contributed by atoms with Gasteiger partial charge in [0.05, 0.1) is 11.4 Å². The normalized spacial score (nSPS) is 14.1. The molecule has 1 aromatic carbocycles. The van der Waals surface area contributed by atoms with Crippen LogP contribution in [0.4, 0.5) is 5.69 Å². The smallest absolute Gasteiger partial charge is 0.224 e. The van der Waals surface area contributed by atoms with E-state index >= 15 is 0 Å². The third-order valence-electron chi connectivity index (χ3n) is 3.48. The molecule has 0 spiro atoms. The van der Waals surface area contributed by atoms with Crippen LogP contribution in [0.5, 0.6) is 0 Å². The Morgan fingerprint density at radius 2 is 2.21 bits per heavy atom. The maximum absolute atomic E-state index is 11.3. The Labute approximate surface area is 111 Å². The summed E-state index contributed by atoms with van der Waals surface area (Å²) in [4.78, 5) is 11.3. The molecular weight excluding hydrogens is 240 g/mol. The number of aromatic nitrogens is 2. The van der Waals surface area contributed by atoms with E-state index in [4.69, 9.17) is 5.73 Å². The van der Waals surface area contributed by atoms with Crippen molar-refractivity contribution in [1.82, 2.24) is 9.78 Å². The van der Waals surface area contributed by atoms with Crippen molar-refractivity contribution in [3.63, 3.8) is 0 Å². The zero-order valence-electron chi connectivity index (χ0n) is 10.8. The molecule has 1 aliphatic rings. The molecule has 98 valence electrons. The fourth-order valence-corrected chi connectivity index (χ4v) is 2.38. The summed E-state index contributed by atoms with van der Waals surface area (Å²) in [6.45, 7) is 0.477. The number of benzene rings is 1. The van der Waals surface area contributed by atoms with Crippen molar-refractivity contribution in [2.75, 3.05) is 5.32 Å². The van der Waals surface area contributed by atoms with Crippen molar-refractivity contribution in [2.45, 2.75) is 19.4 Å². The molecule has 0 unspecified atom stereocenters. The predicted octanol–water partition coefficient (Wildman–Crippen LogP) is 1.43. The fourth-order valence-electron chi connectivity index (χ4n) is 2.38. The average Bonchev–Trinajstić information content (AvgIpc) is 2.79. The van der Waals surface area contributed by atoms with Crippen molar-refractivity contribution >= 4 is 11.6 Å². The third kappa shape index (κ3) is 2.13. The first kappa shape index (κ1) is 11.9. The van der Waals surface area contributed by atoms with E-state index in [2.05, 4.69) is 16.5 Å². The maximum Gasteiger partial charge on any atom is 0.224 e. The number of aryl methyl sites for hydroxylation is 2. The summed E-state index contributed by atoms with van der Waals surface area (Å²) in [7, 11) is 1.89. The molecule has 0 radical (unpaired) electrons. The van der Waals surface area contributed by atoms with Crippen LogP contribution in [-0.4, -0.2) is 15.7 Å². The summed E-state index contributed by atoms with van der Waals surface area (Å²) in [6.07, 6.45) is 1.33. The lowest BCUT2D eigenvalue weighted by Gasteiger charge is -2.17. The van der Waals surface area contributed by atoms with E-state index in [1.165, 1.54) is 0 Å². The van der Waals surface area contributed by atoms with Gasteiger partial charge in [-0.3, -0.25) is 9.48 Å². The number of carbonyl (C=O) groups excluding carboxylic acids is 1. The highest BCUT2D eigenvalue weighted by Gasteiger charge is 2.16. The van der Waals surface area contributed by atoms with Crippen LogP contribution in [0.15, 0.2) is 24.3 Å². The summed E-state index contributed by atoms with van der Waals surface area (Å²) in [5.74, 6) is 0.0866. The van der Waals surface area contributed by atoms with Gasteiger partial charge < -0.3 is 11.1 Å². The van der Waals surface area contributed by atoms with Gasteiger partial charge in [0.15, 0.2) is 0 Å². The Balaban J connectivity index is 1.99. The van der Waals surface area contributed by atoms with Gasteiger partial charge in [-0.2, -0.15) is 5.10 Å². The van der Waals surface area contributed by atoms with Crippen molar-refractivity contribution in [3.8, 4) is 11.3 Å². The van der Waals surface area contributed by atoms with Gasteiger partial charge in [0.25, 0.3) is 0 Å². The number of amides is 1. The van der Waals surface area contributed by atoms with Crippen molar-refractivity contribution < 1.29 is 4.79 Å². The van der Waals surface area contributed by atoms with Crippen molar-refractivity contribution in [2.24, 2.45) is 12.8 Å². The lowest BCUT2D eigenvalue weighted by atomic mass is 9.99. The van der Waals surface area contributed by atoms with E-state index in [9.17, 15) is 4.79 Å². The predicted molar refractivity (Wildman–Crippen MR) is 73.5 cm³/mol. The summed E-state index contributed by atoms with van der Waals surface area (Å²) in [5.41, 5.74) is 10.7. The monoisotopic (exact) mass is 256 g/mol. The topological polar surface area (TPSA) is 72.9 Å². The zero-order chi connectivity index (χ0) is 13.4. The molecule has 0 aliphatic carbocycles. The Morgan fingerprint density at radius 3 is 2.95 bits per heavy atom. The minimum absolute atomic E-state index is 0.0866. The number of rotatable bonds is 2. The SMILES string of the molecule is Cn1nc(-c2ccc3c(c2)CCC(=O)N3)cc1CN. The first-order chi connectivity index (χ1) is 9.17. The molecule has 1 aliphatic heterocycles. The third-order valence-corrected chi connectivity index (χ3v) is 3.48. The molecule has 0 saturated heterocycles. The average molecular weight is 256 g/mol. The molecular formula is C14H16N4O. The highest BCUT2D eigenvalue weighted by atomic mass is 16.1. The minimum Gasteiger partial charge on any atom is -0.326 e. The van der Waals surface area contributed by atoms with Crippen LogP contribution in [0, 0.1) is 0 Å². The highest BCUT2D eigenvalue weighted by molar-refractivity contribution is 5.94. The van der Waals surface area contributed by atoms with Crippen LogP contribution in [0.1, 0.15) is 17.7 Å². The molecule has 3 N–H and O–H groups in total. The van der Waals surface area contributed by atoms with Gasteiger partial charge in [-0.1, -0.05) is 6.07 Å². The number of carbonyl (C=O) groups is 1. The summed E-state index contributed by atoms with van der Waals surface area (Å²) < 4.78 is 1.80. The summed E-state index contributed by atoms with van der Waals surface area (Å²) >= 11 is 0. The van der Waals surface area contributed by atoms with Gasteiger partial charge in [-0.15, -0.1) is 0 Å². The van der Waals surface area contributed by atoms with E-state index in [-0.39, 0.29) is 5.91 Å². The van der Waals surface area contributed by atoms with Crippen LogP contribution in [-0.2, 0) is 24.8 Å². The molecule has 5 heteroatoms. The molecule has 5 nitrogen and oxygen atoms in total. The first-order valence-corrected chi connectivity index (χ1v) is 6.33. The van der Waals surface area contributed by atoms with Crippen LogP contribution in [0.25, 0.3) is 11.3 Å². The summed E-state index contributed by atoms with van der Waals surface area (Å²) in [5, 5.41) is 7.35. The minimum atomic E-state index is 0.0866. The number of hydrogen-bond donors (Lipinski definition) is 2. The van der Waals surface area contributed by atoms with Crippen LogP contribution >= 0.6 is 0 Å². The van der Waals surface area contributed by atoms with Crippen LogP contribution < -0.4 is 11.1 Å². The maximum atomic E-state index is 11.3. The number of nitrogens with one attached hydrogen (secondary N) is 1. The largest absolute Gasteiger partial charge is 0.326 e. The van der Waals surface area contributed by atoms with E-state index in [0.29, 0.717) is 13.0 Å². The molecule has 1 amide bonds. The zero-order valence-corrected chi connectivity index (χ0v) is 10.8. The van der Waals surface area contributed by atoms with Gasteiger partial charge in [0, 0.05) is 31.3 Å². The number of nitrogens with two attached hydrogens (primary N) is 1. The molecule has 19 heavy (non-hydrogen) atoms. The first-order valence-electron chi connectivity index (χ1n) is 6.33. The van der Waals surface area contributed by atoms with Gasteiger partial charge >= 0.3 is 0 Å². The number of fused-ring (bicyclic) bond motifs is 1. The fraction of sp³-hybridized carbons (Fsp3) is 0.286. The molecule has 3 rings (SSSR count). The Bertz CT molecular complexity index is 645. The standard InChI is InChI=1S/C14H16N4O/c1-18-11(8-15)7-13(17-18)10-2-4-12-9(6-10)3-5-14(19)16-12/h2,4,6-7H,3,5,8,15H2,1H3,(H,16,19). The molecule has 1 aromatic heterocycles. The lowest BCUT2D eigenvalue weighted by molar-refractivity contribution is -0.116. The van der Waals surface area contributed by atoms with E-state index in [1.807, 2.05) is 25.2 Å². The van der Waals surface area contributed by atoms with Crippen molar-refractivity contribution in [1.29, 1.82) is 0 Å². The Hall–Kier alpha value is -2.14. The lowest BCUT2D eigenvalue weighted by Crippen LogP contribution is -2.18. The molecule has 0 atom stereocenters. The Morgan fingerprint density at radius 1 is 1.37 bits per heavy atom. The molecule has 0 bridgehead atoms. The second-order valence-electron chi connectivity index (χ2n) is 4.77. The van der Waals surface area contributed by atoms with Crippen LogP contribution in [0.2, 0.25) is 0 Å². The molecule has 0 saturated carbocycles. The summed E-state index contributed by atoms with van der Waals surface area (Å²) in [6, 6.07) is 8.02. The van der Waals surface area contributed by atoms with E-state index < -0.39 is 0 Å². The molecule has 2 aromatic rings. The van der Waals surface area contributed by atoms with Gasteiger partial charge in [-0.25, -0.2) is 0 Å². The second-order valence-corrected chi connectivity index (χ2v) is 4.77. The van der Waals surface area contributed by atoms with Crippen LogP contribution in [0.3, 0.4) is 0 Å². The number of anilines is 1. The molecule has 0 fully saturated rings. The van der Waals surface area contributed by atoms with Gasteiger partial charge in [-0.05, 0) is 30.2 Å². The highest BCUT2D eigenvalue weighted by Crippen LogP contribution is 2.28. The Kier molecular flexibility index (Phi) is 2.83. The second kappa shape index (κ2) is 4.51. The number of hydrogen-bond acceptors (Lipinski definition) is 3. The van der Waals surface area contributed by atoms with Gasteiger partial charge in [0.1, 0.15) is 0 Å². The van der Waals surface area contributed by atoms with Crippen molar-refractivity contribution in [3.05, 3.63) is 35.5 Å². The van der Waals surface area contributed by atoms with E-state index in [0.717, 1.165) is 34.6 Å². The van der Waals surface area contributed by atoms with E-state index in [1.54, 1.807) is 4.68 Å². The molecule has 2 heterocycles. The number of nitrogens with zero attached hydrogens (tertiary/aromatic N) is 2. The van der Waals surface area contributed by atoms with Gasteiger partial charge in [0.2, 0.25) is 5.91 Å². The quantitative estimate of drug-likeness (QED) is 0.853.